The van der Waals surface area contributed by atoms with Crippen molar-refractivity contribution in [2.45, 2.75) is 13.3 Å². The van der Waals surface area contributed by atoms with E-state index in [2.05, 4.69) is 10.1 Å². The Kier molecular flexibility index (Phi) is 2.48. The molecule has 0 unspecified atom stereocenters. The summed E-state index contributed by atoms with van der Waals surface area (Å²) >= 11 is 5.64. The zero-order chi connectivity index (χ0) is 11.0. The molecule has 15 heavy (non-hydrogen) atoms. The van der Waals surface area contributed by atoms with Crippen LogP contribution in [0.3, 0.4) is 0 Å². The second-order valence-corrected chi connectivity index (χ2v) is 3.72. The van der Waals surface area contributed by atoms with E-state index in [1.165, 1.54) is 10.7 Å². The quantitative estimate of drug-likeness (QED) is 0.702. The number of hydrogen-bond donors (Lipinski definition) is 0. The van der Waals surface area contributed by atoms with Gasteiger partial charge in [-0.15, -0.1) is 11.6 Å². The van der Waals surface area contributed by atoms with Gasteiger partial charge in [-0.2, -0.15) is 5.10 Å². The van der Waals surface area contributed by atoms with E-state index >= 15 is 0 Å². The van der Waals surface area contributed by atoms with Gasteiger partial charge in [0.25, 0.3) is 5.56 Å². The van der Waals surface area contributed by atoms with Crippen molar-refractivity contribution in [1.82, 2.24) is 19.2 Å². The monoisotopic (exact) mass is 226 g/mol. The van der Waals surface area contributed by atoms with E-state index in [9.17, 15) is 4.79 Å². The minimum absolute atomic E-state index is 0.0775. The summed E-state index contributed by atoms with van der Waals surface area (Å²) < 4.78 is 3.01. The Bertz CT molecular complexity index is 557. The number of hydrogen-bond acceptors (Lipinski definition) is 3. The molecule has 0 atom stereocenters. The van der Waals surface area contributed by atoms with Crippen LogP contribution >= 0.6 is 11.6 Å². The van der Waals surface area contributed by atoms with Gasteiger partial charge in [-0.05, 0) is 13.3 Å². The van der Waals surface area contributed by atoms with E-state index in [4.69, 9.17) is 11.6 Å². The molecular formula is C9H11ClN4O. The Hall–Kier alpha value is -1.36. The number of aromatic nitrogens is 4. The first-order valence-electron chi connectivity index (χ1n) is 4.61. The third kappa shape index (κ3) is 1.52. The van der Waals surface area contributed by atoms with Gasteiger partial charge >= 0.3 is 0 Å². The molecule has 6 heteroatoms. The number of nitrogens with zero attached hydrogens (tertiary/aromatic N) is 4. The van der Waals surface area contributed by atoms with Crippen molar-refractivity contribution in [3.63, 3.8) is 0 Å². The molecule has 2 heterocycles. The molecule has 5 nitrogen and oxygen atoms in total. The van der Waals surface area contributed by atoms with Gasteiger partial charge in [0.1, 0.15) is 6.33 Å². The van der Waals surface area contributed by atoms with E-state index in [1.807, 2.05) is 6.92 Å². The van der Waals surface area contributed by atoms with E-state index in [0.717, 1.165) is 5.69 Å². The summed E-state index contributed by atoms with van der Waals surface area (Å²) in [5.41, 5.74) is 1.31. The van der Waals surface area contributed by atoms with Crippen LogP contribution < -0.4 is 5.56 Å². The van der Waals surface area contributed by atoms with Crippen molar-refractivity contribution < 1.29 is 0 Å². The van der Waals surface area contributed by atoms with Crippen molar-refractivity contribution in [1.29, 1.82) is 0 Å². The molecule has 0 amide bonds. The molecule has 0 aliphatic carbocycles. The molecular weight excluding hydrogens is 216 g/mol. The van der Waals surface area contributed by atoms with Crippen LogP contribution in [0.15, 0.2) is 11.1 Å². The zero-order valence-electron chi connectivity index (χ0n) is 8.57. The van der Waals surface area contributed by atoms with Crippen molar-refractivity contribution in [3.05, 3.63) is 27.9 Å². The summed E-state index contributed by atoms with van der Waals surface area (Å²) in [6.45, 7) is 1.82. The summed E-state index contributed by atoms with van der Waals surface area (Å²) in [6, 6.07) is 0. The lowest BCUT2D eigenvalue weighted by Gasteiger charge is -2.03. The fourth-order valence-corrected chi connectivity index (χ4v) is 1.75. The molecule has 0 saturated heterocycles. The molecule has 0 aliphatic rings. The first kappa shape index (κ1) is 10.2. The summed E-state index contributed by atoms with van der Waals surface area (Å²) in [4.78, 5) is 16.3. The molecule has 0 bridgehead atoms. The van der Waals surface area contributed by atoms with Crippen LogP contribution in [-0.4, -0.2) is 25.0 Å². The van der Waals surface area contributed by atoms with Gasteiger partial charge < -0.3 is 0 Å². The normalized spacial score (nSPS) is 11.1. The SMILES string of the molecule is Cc1nc2n(C)ncn2c(=O)c1CCCl. The fraction of sp³-hybridized carbons (Fsp3) is 0.444. The van der Waals surface area contributed by atoms with Crippen LogP contribution in [0.4, 0.5) is 0 Å². The standard InChI is InChI=1S/C9H11ClN4O/c1-6-7(3-4-10)8(15)14-5-11-13(2)9(14)12-6/h5H,3-4H2,1-2H3. The lowest BCUT2D eigenvalue weighted by atomic mass is 10.2. The van der Waals surface area contributed by atoms with Crippen LogP contribution in [0.25, 0.3) is 5.78 Å². The summed E-state index contributed by atoms with van der Waals surface area (Å²) in [5.74, 6) is 0.972. The van der Waals surface area contributed by atoms with Gasteiger partial charge in [-0.1, -0.05) is 0 Å². The first-order valence-corrected chi connectivity index (χ1v) is 5.14. The second kappa shape index (κ2) is 3.66. The Labute approximate surface area is 91.3 Å². The maximum absolute atomic E-state index is 12.0. The van der Waals surface area contributed by atoms with E-state index in [1.54, 1.807) is 11.7 Å². The number of aryl methyl sites for hydroxylation is 2. The van der Waals surface area contributed by atoms with Crippen LogP contribution in [0.2, 0.25) is 0 Å². The number of alkyl halides is 1. The highest BCUT2D eigenvalue weighted by Gasteiger charge is 2.11. The van der Waals surface area contributed by atoms with Crippen molar-refractivity contribution >= 4 is 17.4 Å². The summed E-state index contributed by atoms with van der Waals surface area (Å²) in [6.07, 6.45) is 2.01. The number of halogens is 1. The fourth-order valence-electron chi connectivity index (χ4n) is 1.56. The van der Waals surface area contributed by atoms with E-state index in [0.29, 0.717) is 23.6 Å². The molecule has 0 spiro atoms. The van der Waals surface area contributed by atoms with Gasteiger partial charge in [0.15, 0.2) is 0 Å². The molecule has 2 aromatic rings. The highest BCUT2D eigenvalue weighted by atomic mass is 35.5. The average Bonchev–Trinajstić information content (AvgIpc) is 2.55. The molecule has 2 rings (SSSR count). The lowest BCUT2D eigenvalue weighted by molar-refractivity contribution is 0.780. The third-order valence-electron chi connectivity index (χ3n) is 2.37. The van der Waals surface area contributed by atoms with E-state index < -0.39 is 0 Å². The maximum Gasteiger partial charge on any atom is 0.263 e. The third-order valence-corrected chi connectivity index (χ3v) is 2.56. The Morgan fingerprint density at radius 3 is 2.93 bits per heavy atom. The average molecular weight is 227 g/mol. The minimum Gasteiger partial charge on any atom is -0.268 e. The molecule has 0 radical (unpaired) electrons. The smallest absolute Gasteiger partial charge is 0.263 e. The van der Waals surface area contributed by atoms with Gasteiger partial charge in [-0.3, -0.25) is 4.79 Å². The van der Waals surface area contributed by atoms with Crippen LogP contribution in [0, 0.1) is 6.92 Å². The minimum atomic E-state index is -0.0775. The predicted octanol–water partition coefficient (Wildman–Crippen LogP) is 0.518. The van der Waals surface area contributed by atoms with Gasteiger partial charge in [0, 0.05) is 18.5 Å². The second-order valence-electron chi connectivity index (χ2n) is 3.34. The highest BCUT2D eigenvalue weighted by molar-refractivity contribution is 6.17. The van der Waals surface area contributed by atoms with Gasteiger partial charge in [0.05, 0.1) is 5.69 Å². The van der Waals surface area contributed by atoms with Crippen molar-refractivity contribution in [2.24, 2.45) is 7.05 Å². The molecule has 0 aromatic carbocycles. The van der Waals surface area contributed by atoms with Gasteiger partial charge in [-0.25, -0.2) is 14.1 Å². The number of fused-ring (bicyclic) bond motifs is 1. The largest absolute Gasteiger partial charge is 0.268 e. The molecule has 0 N–H and O–H groups in total. The first-order chi connectivity index (χ1) is 7.15. The van der Waals surface area contributed by atoms with Crippen LogP contribution in [0.5, 0.6) is 0 Å². The van der Waals surface area contributed by atoms with Crippen LogP contribution in [0.1, 0.15) is 11.3 Å². The van der Waals surface area contributed by atoms with Gasteiger partial charge in [0.2, 0.25) is 5.78 Å². The predicted molar refractivity (Wildman–Crippen MR) is 57.4 cm³/mol. The highest BCUT2D eigenvalue weighted by Crippen LogP contribution is 2.04. The molecule has 0 aliphatic heterocycles. The maximum atomic E-state index is 12.0. The Morgan fingerprint density at radius 1 is 1.53 bits per heavy atom. The molecule has 0 fully saturated rings. The summed E-state index contributed by atoms with van der Waals surface area (Å²) in [5, 5.41) is 3.98. The lowest BCUT2D eigenvalue weighted by Crippen LogP contribution is -2.21. The zero-order valence-corrected chi connectivity index (χ0v) is 9.32. The van der Waals surface area contributed by atoms with Crippen molar-refractivity contribution in [3.8, 4) is 0 Å². The Balaban J connectivity index is 2.79. The molecule has 2 aromatic heterocycles. The van der Waals surface area contributed by atoms with E-state index in [-0.39, 0.29) is 5.56 Å². The molecule has 0 saturated carbocycles. The topological polar surface area (TPSA) is 52.2 Å². The van der Waals surface area contributed by atoms with Crippen molar-refractivity contribution in [2.75, 3.05) is 5.88 Å². The summed E-state index contributed by atoms with van der Waals surface area (Å²) in [7, 11) is 1.75. The molecule has 80 valence electrons. The number of rotatable bonds is 2. The van der Waals surface area contributed by atoms with Crippen LogP contribution in [-0.2, 0) is 13.5 Å². The Morgan fingerprint density at radius 2 is 2.27 bits per heavy atom.